The van der Waals surface area contributed by atoms with E-state index in [0.717, 1.165) is 43.3 Å². The third kappa shape index (κ3) is 4.96. The highest BCUT2D eigenvalue weighted by Crippen LogP contribution is 2.45. The van der Waals surface area contributed by atoms with Gasteiger partial charge in [-0.2, -0.15) is 0 Å². The van der Waals surface area contributed by atoms with E-state index in [1.807, 2.05) is 13.0 Å². The monoisotopic (exact) mass is 468 g/mol. The maximum Gasteiger partial charge on any atom is 0.256 e. The van der Waals surface area contributed by atoms with Crippen molar-refractivity contribution in [3.8, 4) is 0 Å². The van der Waals surface area contributed by atoms with Crippen molar-refractivity contribution >= 4 is 17.3 Å². The summed E-state index contributed by atoms with van der Waals surface area (Å²) < 4.78 is 0. The zero-order valence-corrected chi connectivity index (χ0v) is 20.9. The van der Waals surface area contributed by atoms with Crippen LogP contribution in [0, 0.1) is 12.8 Å². The van der Waals surface area contributed by atoms with E-state index in [-0.39, 0.29) is 11.4 Å². The lowest BCUT2D eigenvalue weighted by molar-refractivity contribution is 0.0299. The molecule has 0 atom stereocenters. The summed E-state index contributed by atoms with van der Waals surface area (Å²) >= 11 is 0. The molecule has 0 spiro atoms. The van der Waals surface area contributed by atoms with Crippen LogP contribution < -0.4 is 10.2 Å². The molecule has 1 aromatic heterocycles. The molecule has 2 aliphatic rings. The Morgan fingerprint density at radius 1 is 0.971 bits per heavy atom. The molecule has 0 radical (unpaired) electrons. The van der Waals surface area contributed by atoms with E-state index >= 15 is 0 Å². The van der Waals surface area contributed by atoms with Crippen molar-refractivity contribution in [2.75, 3.05) is 36.4 Å². The van der Waals surface area contributed by atoms with Crippen LogP contribution in [0.15, 0.2) is 73.1 Å². The van der Waals surface area contributed by atoms with Gasteiger partial charge in [0.25, 0.3) is 5.91 Å². The Kier molecular flexibility index (Phi) is 6.87. The van der Waals surface area contributed by atoms with Gasteiger partial charge in [-0.15, -0.1) is 0 Å². The lowest BCUT2D eigenvalue weighted by Gasteiger charge is -2.51. The third-order valence-electron chi connectivity index (χ3n) is 8.03. The van der Waals surface area contributed by atoms with Crippen molar-refractivity contribution in [2.24, 2.45) is 5.92 Å². The van der Waals surface area contributed by atoms with Gasteiger partial charge in [-0.25, -0.2) is 0 Å². The summed E-state index contributed by atoms with van der Waals surface area (Å²) in [4.78, 5) is 22.3. The van der Waals surface area contributed by atoms with Gasteiger partial charge in [-0.1, -0.05) is 37.3 Å². The van der Waals surface area contributed by atoms with Crippen LogP contribution in [0.25, 0.3) is 0 Å². The first-order valence-corrected chi connectivity index (χ1v) is 12.9. The smallest absolute Gasteiger partial charge is 0.256 e. The number of hydrogen-bond donors (Lipinski definition) is 1. The first-order valence-electron chi connectivity index (χ1n) is 12.9. The van der Waals surface area contributed by atoms with Crippen molar-refractivity contribution in [2.45, 2.75) is 45.1 Å². The summed E-state index contributed by atoms with van der Waals surface area (Å²) in [5.41, 5.74) is 5.10. The topological polar surface area (TPSA) is 48.5 Å². The van der Waals surface area contributed by atoms with Crippen LogP contribution in [-0.2, 0) is 5.54 Å². The molecule has 3 aromatic rings. The molecule has 1 aliphatic heterocycles. The minimum atomic E-state index is -0.0789. The molecule has 1 saturated carbocycles. The fourth-order valence-corrected chi connectivity index (χ4v) is 5.87. The highest BCUT2D eigenvalue weighted by molar-refractivity contribution is 6.05. The van der Waals surface area contributed by atoms with Crippen molar-refractivity contribution in [1.82, 2.24) is 9.88 Å². The second-order valence-electron chi connectivity index (χ2n) is 10.2. The molecular weight excluding hydrogens is 432 g/mol. The number of aromatic nitrogens is 1. The Bertz CT molecular complexity index is 1150. The molecule has 5 heteroatoms. The first kappa shape index (κ1) is 23.6. The molecule has 182 valence electrons. The van der Waals surface area contributed by atoms with Gasteiger partial charge >= 0.3 is 0 Å². The Balaban J connectivity index is 1.38. The molecule has 5 nitrogen and oxygen atoms in total. The molecule has 1 amide bonds. The van der Waals surface area contributed by atoms with Gasteiger partial charge in [0.15, 0.2) is 0 Å². The summed E-state index contributed by atoms with van der Waals surface area (Å²) in [6.45, 7) is 8.49. The summed E-state index contributed by atoms with van der Waals surface area (Å²) in [5, 5.41) is 3.14. The van der Waals surface area contributed by atoms with Gasteiger partial charge in [0.05, 0.1) is 0 Å². The normalized spacial score (nSPS) is 23.1. The van der Waals surface area contributed by atoms with Crippen LogP contribution >= 0.6 is 0 Å². The highest BCUT2D eigenvalue weighted by Gasteiger charge is 2.42. The van der Waals surface area contributed by atoms with Gasteiger partial charge in [0, 0.05) is 61.0 Å². The fraction of sp³-hybridized carbons (Fsp3) is 0.400. The maximum atomic E-state index is 13.0. The SMILES string of the molecule is Cc1cnccc1C(=O)Nc1cccc([C@]2(N3CCN(c4ccccc4)CC3)CC[C@H](C)CC2)c1. The first-order chi connectivity index (χ1) is 17.0. The fourth-order valence-electron chi connectivity index (χ4n) is 5.87. The van der Waals surface area contributed by atoms with Crippen LogP contribution in [0.3, 0.4) is 0 Å². The number of anilines is 2. The molecule has 0 bridgehead atoms. The Morgan fingerprint density at radius 2 is 1.71 bits per heavy atom. The van der Waals surface area contributed by atoms with E-state index in [1.165, 1.54) is 36.9 Å². The molecule has 1 N–H and O–H groups in total. The minimum absolute atomic E-state index is 0.0304. The molecule has 0 unspecified atom stereocenters. The number of amides is 1. The zero-order chi connectivity index (χ0) is 24.3. The van der Waals surface area contributed by atoms with E-state index in [1.54, 1.807) is 18.5 Å². The number of rotatable bonds is 5. The Hall–Kier alpha value is -3.18. The second-order valence-corrected chi connectivity index (χ2v) is 10.2. The summed E-state index contributed by atoms with van der Waals surface area (Å²) in [5.74, 6) is 0.691. The molecule has 1 saturated heterocycles. The zero-order valence-electron chi connectivity index (χ0n) is 20.9. The lowest BCUT2D eigenvalue weighted by atomic mass is 9.71. The van der Waals surface area contributed by atoms with Gasteiger partial charge in [0.1, 0.15) is 0 Å². The molecule has 2 fully saturated rings. The molecular formula is C30H36N4O. The van der Waals surface area contributed by atoms with Crippen LogP contribution in [0.2, 0.25) is 0 Å². The lowest BCUT2D eigenvalue weighted by Crippen LogP contribution is -2.56. The average molecular weight is 469 g/mol. The average Bonchev–Trinajstić information content (AvgIpc) is 2.90. The number of hydrogen-bond acceptors (Lipinski definition) is 4. The van der Waals surface area contributed by atoms with E-state index in [2.05, 4.69) is 75.6 Å². The molecule has 2 aromatic carbocycles. The van der Waals surface area contributed by atoms with Crippen molar-refractivity contribution in [3.05, 3.63) is 89.7 Å². The maximum absolute atomic E-state index is 13.0. The number of carbonyl (C=O) groups is 1. The number of piperazine rings is 1. The number of aryl methyl sites for hydroxylation is 1. The predicted molar refractivity (Wildman–Crippen MR) is 143 cm³/mol. The van der Waals surface area contributed by atoms with Crippen LogP contribution in [-0.4, -0.2) is 42.0 Å². The largest absolute Gasteiger partial charge is 0.369 e. The second kappa shape index (κ2) is 10.2. The minimum Gasteiger partial charge on any atom is -0.369 e. The standard InChI is InChI=1S/C30H36N4O/c1-23-11-14-30(15-12-23,34-19-17-33(18-20-34)27-9-4-3-5-10-27)25-7-6-8-26(21-25)32-29(35)28-13-16-31-22-24(28)2/h3-10,13,16,21-23H,11-12,14-15,17-20H2,1-2H3,(H,32,35)/t23-,30-. The van der Waals surface area contributed by atoms with Crippen LogP contribution in [0.4, 0.5) is 11.4 Å². The molecule has 1 aliphatic carbocycles. The highest BCUT2D eigenvalue weighted by atomic mass is 16.1. The number of nitrogens with zero attached hydrogens (tertiary/aromatic N) is 3. The summed E-state index contributed by atoms with van der Waals surface area (Å²) in [7, 11) is 0. The van der Waals surface area contributed by atoms with Crippen LogP contribution in [0.5, 0.6) is 0 Å². The van der Waals surface area contributed by atoms with Gasteiger partial charge in [-0.05, 0) is 80.0 Å². The van der Waals surface area contributed by atoms with E-state index in [4.69, 9.17) is 0 Å². The molecule has 5 rings (SSSR count). The molecule has 35 heavy (non-hydrogen) atoms. The summed E-state index contributed by atoms with van der Waals surface area (Å²) in [6, 6.07) is 21.1. The predicted octanol–water partition coefficient (Wildman–Crippen LogP) is 5.87. The van der Waals surface area contributed by atoms with Gasteiger partial charge < -0.3 is 10.2 Å². The van der Waals surface area contributed by atoms with Crippen LogP contribution in [0.1, 0.15) is 54.1 Å². The number of benzene rings is 2. The van der Waals surface area contributed by atoms with E-state index < -0.39 is 0 Å². The number of nitrogens with one attached hydrogen (secondary N) is 1. The molecule has 2 heterocycles. The van der Waals surface area contributed by atoms with Gasteiger partial charge in [0.2, 0.25) is 0 Å². The Morgan fingerprint density at radius 3 is 2.43 bits per heavy atom. The van der Waals surface area contributed by atoms with Crippen molar-refractivity contribution in [3.63, 3.8) is 0 Å². The quantitative estimate of drug-likeness (QED) is 0.509. The van der Waals surface area contributed by atoms with E-state index in [9.17, 15) is 4.79 Å². The Labute approximate surface area is 209 Å². The summed E-state index contributed by atoms with van der Waals surface area (Å²) in [6.07, 6.45) is 8.22. The number of carbonyl (C=O) groups excluding carboxylic acids is 1. The van der Waals surface area contributed by atoms with Crippen molar-refractivity contribution in [1.29, 1.82) is 0 Å². The van der Waals surface area contributed by atoms with Crippen molar-refractivity contribution < 1.29 is 4.79 Å². The van der Waals surface area contributed by atoms with E-state index in [0.29, 0.717) is 5.56 Å². The van der Waals surface area contributed by atoms with Gasteiger partial charge in [-0.3, -0.25) is 14.7 Å². The number of para-hydroxylation sites is 1. The third-order valence-corrected chi connectivity index (χ3v) is 8.03. The number of pyridine rings is 1.